The lowest BCUT2D eigenvalue weighted by atomic mass is 9.92. The first-order chi connectivity index (χ1) is 13.2. The Morgan fingerprint density at radius 3 is 2.78 bits per heavy atom. The minimum atomic E-state index is 0.125. The number of carbonyl (C=O) groups is 2. The van der Waals surface area contributed by atoms with E-state index in [2.05, 4.69) is 10.3 Å². The van der Waals surface area contributed by atoms with Gasteiger partial charge < -0.3 is 15.0 Å². The van der Waals surface area contributed by atoms with E-state index in [1.54, 1.807) is 6.20 Å². The number of nitrogens with one attached hydrogen (secondary N) is 1. The van der Waals surface area contributed by atoms with Crippen LogP contribution in [0.1, 0.15) is 50.5 Å². The van der Waals surface area contributed by atoms with Gasteiger partial charge in [-0.2, -0.15) is 0 Å². The van der Waals surface area contributed by atoms with Crippen molar-refractivity contribution in [2.45, 2.75) is 57.5 Å². The summed E-state index contributed by atoms with van der Waals surface area (Å²) in [5.74, 6) is 0.896. The van der Waals surface area contributed by atoms with Crippen LogP contribution in [0.3, 0.4) is 0 Å². The molecule has 1 aromatic heterocycles. The van der Waals surface area contributed by atoms with Gasteiger partial charge in [0.05, 0.1) is 6.10 Å². The molecule has 2 saturated heterocycles. The van der Waals surface area contributed by atoms with Crippen molar-refractivity contribution in [1.82, 2.24) is 15.2 Å². The van der Waals surface area contributed by atoms with Gasteiger partial charge in [-0.05, 0) is 56.1 Å². The number of carbonyl (C=O) groups excluding carboxylic acids is 2. The molecule has 2 aliphatic heterocycles. The number of nitrogens with zero attached hydrogens (tertiary/aromatic N) is 2. The standard InChI is InChI=1S/C21H31N3O3/c25-20(23-16-19-4-2-14-27-19)7-5-17-9-12-24(13-10-17)21(26)8-6-18-3-1-11-22-15-18/h1,3,11,15,17,19H,2,4-10,12-14,16H2,(H,23,25)/t19-/m0/s1. The Morgan fingerprint density at radius 1 is 1.22 bits per heavy atom. The molecule has 1 N–H and O–H groups in total. The highest BCUT2D eigenvalue weighted by atomic mass is 16.5. The smallest absolute Gasteiger partial charge is 0.222 e. The van der Waals surface area contributed by atoms with Crippen LogP contribution in [-0.4, -0.2) is 54.0 Å². The van der Waals surface area contributed by atoms with E-state index in [9.17, 15) is 9.59 Å². The van der Waals surface area contributed by atoms with Crippen LogP contribution in [0.25, 0.3) is 0 Å². The van der Waals surface area contributed by atoms with E-state index in [0.717, 1.165) is 63.8 Å². The number of pyridine rings is 1. The Bertz CT molecular complexity index is 594. The monoisotopic (exact) mass is 373 g/mol. The van der Waals surface area contributed by atoms with Gasteiger partial charge >= 0.3 is 0 Å². The average molecular weight is 373 g/mol. The zero-order valence-electron chi connectivity index (χ0n) is 16.1. The molecule has 1 atom stereocenters. The number of hydrogen-bond acceptors (Lipinski definition) is 4. The number of amides is 2. The second-order valence-corrected chi connectivity index (χ2v) is 7.66. The third-order valence-electron chi connectivity index (χ3n) is 5.65. The van der Waals surface area contributed by atoms with Crippen molar-refractivity contribution in [2.75, 3.05) is 26.2 Å². The molecule has 2 fully saturated rings. The molecule has 1 aromatic rings. The molecule has 0 radical (unpaired) electrons. The SMILES string of the molecule is O=C(CCC1CCN(C(=O)CCc2cccnc2)CC1)NC[C@@H]1CCCO1. The number of aromatic nitrogens is 1. The van der Waals surface area contributed by atoms with Crippen molar-refractivity contribution in [3.05, 3.63) is 30.1 Å². The van der Waals surface area contributed by atoms with E-state index in [1.165, 1.54) is 0 Å². The zero-order valence-corrected chi connectivity index (χ0v) is 16.1. The van der Waals surface area contributed by atoms with Crippen LogP contribution in [0.5, 0.6) is 0 Å². The van der Waals surface area contributed by atoms with Gasteiger partial charge in [0.15, 0.2) is 0 Å². The number of likely N-dealkylation sites (tertiary alicyclic amines) is 1. The highest BCUT2D eigenvalue weighted by Gasteiger charge is 2.23. The fourth-order valence-corrected chi connectivity index (χ4v) is 3.88. The molecular weight excluding hydrogens is 342 g/mol. The molecule has 0 aliphatic carbocycles. The minimum absolute atomic E-state index is 0.125. The molecule has 0 unspecified atom stereocenters. The molecular formula is C21H31N3O3. The number of aryl methyl sites for hydroxylation is 1. The van der Waals surface area contributed by atoms with Crippen LogP contribution >= 0.6 is 0 Å². The van der Waals surface area contributed by atoms with E-state index in [1.807, 2.05) is 23.2 Å². The zero-order chi connectivity index (χ0) is 18.9. The van der Waals surface area contributed by atoms with Gasteiger partial charge in [0.1, 0.15) is 0 Å². The van der Waals surface area contributed by atoms with Gasteiger partial charge in [-0.3, -0.25) is 14.6 Å². The number of hydrogen-bond donors (Lipinski definition) is 1. The van der Waals surface area contributed by atoms with E-state index in [4.69, 9.17) is 4.74 Å². The lowest BCUT2D eigenvalue weighted by Crippen LogP contribution is -2.39. The lowest BCUT2D eigenvalue weighted by molar-refractivity contribution is -0.132. The van der Waals surface area contributed by atoms with Gasteiger partial charge in [-0.25, -0.2) is 0 Å². The maximum Gasteiger partial charge on any atom is 0.222 e. The fourth-order valence-electron chi connectivity index (χ4n) is 3.88. The van der Waals surface area contributed by atoms with Crippen LogP contribution in [0, 0.1) is 5.92 Å². The first-order valence-corrected chi connectivity index (χ1v) is 10.3. The first-order valence-electron chi connectivity index (χ1n) is 10.3. The molecule has 3 heterocycles. The molecule has 0 aromatic carbocycles. The Hall–Kier alpha value is -1.95. The second kappa shape index (κ2) is 10.4. The summed E-state index contributed by atoms with van der Waals surface area (Å²) in [5, 5.41) is 2.99. The van der Waals surface area contributed by atoms with Gasteiger partial charge in [0, 0.05) is 51.5 Å². The van der Waals surface area contributed by atoms with Crippen LogP contribution in [-0.2, 0) is 20.7 Å². The largest absolute Gasteiger partial charge is 0.376 e. The molecule has 2 aliphatic rings. The minimum Gasteiger partial charge on any atom is -0.376 e. The van der Waals surface area contributed by atoms with E-state index in [0.29, 0.717) is 25.3 Å². The Labute approximate surface area is 161 Å². The predicted molar refractivity (Wildman–Crippen MR) is 103 cm³/mol. The average Bonchev–Trinajstić information content (AvgIpc) is 3.24. The summed E-state index contributed by atoms with van der Waals surface area (Å²) in [5.41, 5.74) is 1.11. The Morgan fingerprint density at radius 2 is 2.07 bits per heavy atom. The molecule has 2 amide bonds. The summed E-state index contributed by atoms with van der Waals surface area (Å²) in [7, 11) is 0. The maximum absolute atomic E-state index is 12.4. The second-order valence-electron chi connectivity index (χ2n) is 7.66. The molecule has 0 saturated carbocycles. The van der Waals surface area contributed by atoms with Crippen molar-refractivity contribution in [1.29, 1.82) is 0 Å². The molecule has 6 heteroatoms. The summed E-state index contributed by atoms with van der Waals surface area (Å²) in [4.78, 5) is 30.5. The fraction of sp³-hybridized carbons (Fsp3) is 0.667. The van der Waals surface area contributed by atoms with Gasteiger partial charge in [-0.15, -0.1) is 0 Å². The van der Waals surface area contributed by atoms with E-state index < -0.39 is 0 Å². The predicted octanol–water partition coefficient (Wildman–Crippen LogP) is 2.33. The molecule has 27 heavy (non-hydrogen) atoms. The normalized spacial score (nSPS) is 20.6. The highest BCUT2D eigenvalue weighted by Crippen LogP contribution is 2.22. The number of piperidine rings is 1. The lowest BCUT2D eigenvalue weighted by Gasteiger charge is -2.32. The van der Waals surface area contributed by atoms with Gasteiger partial charge in [0.25, 0.3) is 0 Å². The van der Waals surface area contributed by atoms with Crippen LogP contribution in [0.4, 0.5) is 0 Å². The van der Waals surface area contributed by atoms with E-state index >= 15 is 0 Å². The van der Waals surface area contributed by atoms with Crippen LogP contribution in [0.2, 0.25) is 0 Å². The van der Waals surface area contributed by atoms with Crippen molar-refractivity contribution in [2.24, 2.45) is 5.92 Å². The molecule has 0 bridgehead atoms. The van der Waals surface area contributed by atoms with Crippen molar-refractivity contribution in [3.8, 4) is 0 Å². The topological polar surface area (TPSA) is 71.5 Å². The Balaban J connectivity index is 1.28. The summed E-state index contributed by atoms with van der Waals surface area (Å²) >= 11 is 0. The molecule has 0 spiro atoms. The highest BCUT2D eigenvalue weighted by molar-refractivity contribution is 5.76. The Kier molecular flexibility index (Phi) is 7.63. The quantitative estimate of drug-likeness (QED) is 0.759. The summed E-state index contributed by atoms with van der Waals surface area (Å²) in [6.45, 7) is 3.09. The third-order valence-corrected chi connectivity index (χ3v) is 5.65. The summed E-state index contributed by atoms with van der Waals surface area (Å²) < 4.78 is 5.52. The van der Waals surface area contributed by atoms with Gasteiger partial charge in [0.2, 0.25) is 11.8 Å². The van der Waals surface area contributed by atoms with Crippen molar-refractivity contribution in [3.63, 3.8) is 0 Å². The van der Waals surface area contributed by atoms with Crippen molar-refractivity contribution < 1.29 is 14.3 Å². The first kappa shape index (κ1) is 19.8. The van der Waals surface area contributed by atoms with Crippen LogP contribution < -0.4 is 5.32 Å². The molecule has 3 rings (SSSR count). The van der Waals surface area contributed by atoms with Gasteiger partial charge in [-0.1, -0.05) is 6.07 Å². The van der Waals surface area contributed by atoms with Crippen LogP contribution in [0.15, 0.2) is 24.5 Å². The number of rotatable bonds is 8. The third kappa shape index (κ3) is 6.61. The maximum atomic E-state index is 12.4. The molecule has 148 valence electrons. The van der Waals surface area contributed by atoms with E-state index in [-0.39, 0.29) is 17.9 Å². The summed E-state index contributed by atoms with van der Waals surface area (Å²) in [6, 6.07) is 3.92. The van der Waals surface area contributed by atoms with Crippen molar-refractivity contribution >= 4 is 11.8 Å². The molecule has 6 nitrogen and oxygen atoms in total. The summed E-state index contributed by atoms with van der Waals surface area (Å²) in [6.07, 6.45) is 10.7. The number of ether oxygens (including phenoxy) is 1.